The third-order valence-corrected chi connectivity index (χ3v) is 3.53. The molecule has 0 radical (unpaired) electrons. The fourth-order valence-electron chi connectivity index (χ4n) is 1.03. The van der Waals surface area contributed by atoms with Crippen LogP contribution in [0, 0.1) is 0 Å². The normalized spacial score (nSPS) is 14.4. The first kappa shape index (κ1) is 15.1. The average molecular weight is 252 g/mol. The van der Waals surface area contributed by atoms with Crippen LogP contribution in [-0.2, 0) is 10.2 Å². The van der Waals surface area contributed by atoms with Crippen molar-refractivity contribution in [3.05, 3.63) is 0 Å². The molecule has 8 heteroatoms. The van der Waals surface area contributed by atoms with Crippen LogP contribution in [0.25, 0.3) is 0 Å². The van der Waals surface area contributed by atoms with Crippen molar-refractivity contribution >= 4 is 16.0 Å². The third-order valence-electron chi connectivity index (χ3n) is 1.59. The van der Waals surface area contributed by atoms with Crippen LogP contribution < -0.4 is 10.5 Å². The molecule has 0 bridgehead atoms. The van der Waals surface area contributed by atoms with Crippen molar-refractivity contribution in [3.63, 3.8) is 0 Å². The number of rotatable bonds is 5. The van der Waals surface area contributed by atoms with Gasteiger partial charge in [0.25, 0.3) is 10.2 Å². The molecule has 0 atom stereocenters. The van der Waals surface area contributed by atoms with E-state index in [0.29, 0.717) is 0 Å². The maximum absolute atomic E-state index is 11.9. The Bertz CT molecular complexity index is 345. The second-order valence-electron chi connectivity index (χ2n) is 4.37. The van der Waals surface area contributed by atoms with Crippen LogP contribution in [0.5, 0.6) is 0 Å². The van der Waals surface area contributed by atoms with E-state index < -0.39 is 15.7 Å². The SMILES string of the molecule is CCN(CC(N)=NO)S(=O)(=O)NC(C)(C)C. The summed E-state index contributed by atoms with van der Waals surface area (Å²) in [6.07, 6.45) is 0. The molecule has 0 heterocycles. The highest BCUT2D eigenvalue weighted by molar-refractivity contribution is 7.87. The predicted molar refractivity (Wildman–Crippen MR) is 62.5 cm³/mol. The summed E-state index contributed by atoms with van der Waals surface area (Å²) < 4.78 is 27.3. The van der Waals surface area contributed by atoms with Crippen molar-refractivity contribution in [2.75, 3.05) is 13.1 Å². The van der Waals surface area contributed by atoms with Crippen molar-refractivity contribution < 1.29 is 13.6 Å². The minimum Gasteiger partial charge on any atom is -0.409 e. The third kappa shape index (κ3) is 5.29. The molecule has 4 N–H and O–H groups in total. The van der Waals surface area contributed by atoms with Gasteiger partial charge < -0.3 is 10.9 Å². The lowest BCUT2D eigenvalue weighted by molar-refractivity contribution is 0.314. The van der Waals surface area contributed by atoms with E-state index in [1.807, 2.05) is 0 Å². The number of hydrogen-bond acceptors (Lipinski definition) is 4. The van der Waals surface area contributed by atoms with Gasteiger partial charge in [-0.2, -0.15) is 17.4 Å². The van der Waals surface area contributed by atoms with Gasteiger partial charge in [0.1, 0.15) is 0 Å². The van der Waals surface area contributed by atoms with Crippen LogP contribution in [0.15, 0.2) is 5.16 Å². The number of amidine groups is 1. The standard InChI is InChI=1S/C8H20N4O3S/c1-5-12(6-7(9)10-13)16(14,15)11-8(2,3)4/h11,13H,5-6H2,1-4H3,(H2,9,10). The van der Waals surface area contributed by atoms with Crippen molar-refractivity contribution in [3.8, 4) is 0 Å². The Morgan fingerprint density at radius 3 is 2.31 bits per heavy atom. The van der Waals surface area contributed by atoms with Gasteiger partial charge in [-0.05, 0) is 20.8 Å². The first-order valence-electron chi connectivity index (χ1n) is 4.88. The predicted octanol–water partition coefficient (Wildman–Crippen LogP) is -0.312. The zero-order chi connectivity index (χ0) is 13.0. The Morgan fingerprint density at radius 2 is 2.00 bits per heavy atom. The van der Waals surface area contributed by atoms with Gasteiger partial charge in [0, 0.05) is 12.1 Å². The summed E-state index contributed by atoms with van der Waals surface area (Å²) in [7, 11) is -3.62. The summed E-state index contributed by atoms with van der Waals surface area (Å²) in [5.74, 6) is -0.152. The lowest BCUT2D eigenvalue weighted by Gasteiger charge is -2.26. The molecule has 96 valence electrons. The number of likely N-dealkylation sites (N-methyl/N-ethyl adjacent to an activating group) is 1. The Kier molecular flexibility index (Phi) is 5.17. The van der Waals surface area contributed by atoms with E-state index in [0.717, 1.165) is 4.31 Å². The molecular weight excluding hydrogens is 232 g/mol. The highest BCUT2D eigenvalue weighted by Gasteiger charge is 2.26. The molecule has 0 aromatic heterocycles. The summed E-state index contributed by atoms with van der Waals surface area (Å²) in [4.78, 5) is 0. The van der Waals surface area contributed by atoms with Crippen molar-refractivity contribution in [1.29, 1.82) is 0 Å². The fourth-order valence-corrected chi connectivity index (χ4v) is 2.58. The van der Waals surface area contributed by atoms with Gasteiger partial charge >= 0.3 is 0 Å². The van der Waals surface area contributed by atoms with Gasteiger partial charge in [0.2, 0.25) is 0 Å². The molecule has 0 saturated heterocycles. The van der Waals surface area contributed by atoms with Crippen LogP contribution in [-0.4, -0.2) is 42.4 Å². The van der Waals surface area contributed by atoms with Crippen LogP contribution in [0.2, 0.25) is 0 Å². The minimum atomic E-state index is -3.62. The molecule has 0 amide bonds. The zero-order valence-electron chi connectivity index (χ0n) is 10.1. The largest absolute Gasteiger partial charge is 0.409 e. The quantitative estimate of drug-likeness (QED) is 0.270. The lowest BCUT2D eigenvalue weighted by Crippen LogP contribution is -2.50. The number of hydrogen-bond donors (Lipinski definition) is 3. The van der Waals surface area contributed by atoms with E-state index in [1.54, 1.807) is 27.7 Å². The summed E-state index contributed by atoms with van der Waals surface area (Å²) in [5.41, 5.74) is 4.70. The van der Waals surface area contributed by atoms with Crippen molar-refractivity contribution in [1.82, 2.24) is 9.03 Å². The van der Waals surface area contributed by atoms with Gasteiger partial charge in [-0.1, -0.05) is 12.1 Å². The van der Waals surface area contributed by atoms with E-state index in [1.165, 1.54) is 0 Å². The maximum atomic E-state index is 11.9. The topological polar surface area (TPSA) is 108 Å². The molecule has 0 aliphatic rings. The molecular formula is C8H20N4O3S. The average Bonchev–Trinajstić information content (AvgIpc) is 2.09. The monoisotopic (exact) mass is 252 g/mol. The number of nitrogens with one attached hydrogen (secondary N) is 1. The van der Waals surface area contributed by atoms with Crippen LogP contribution >= 0.6 is 0 Å². The number of nitrogens with zero attached hydrogens (tertiary/aromatic N) is 2. The van der Waals surface area contributed by atoms with Crippen LogP contribution in [0.4, 0.5) is 0 Å². The smallest absolute Gasteiger partial charge is 0.280 e. The summed E-state index contributed by atoms with van der Waals surface area (Å²) in [6, 6.07) is 0. The van der Waals surface area contributed by atoms with E-state index in [4.69, 9.17) is 10.9 Å². The van der Waals surface area contributed by atoms with Gasteiger partial charge in [-0.15, -0.1) is 0 Å². The highest BCUT2D eigenvalue weighted by atomic mass is 32.2. The Hall–Kier alpha value is -0.860. The van der Waals surface area contributed by atoms with Gasteiger partial charge in [-0.25, -0.2) is 0 Å². The van der Waals surface area contributed by atoms with Crippen LogP contribution in [0.1, 0.15) is 27.7 Å². The second kappa shape index (κ2) is 5.46. The lowest BCUT2D eigenvalue weighted by atomic mass is 10.1. The summed E-state index contributed by atoms with van der Waals surface area (Å²) in [6.45, 7) is 6.98. The van der Waals surface area contributed by atoms with E-state index in [9.17, 15) is 8.42 Å². The molecule has 0 fully saturated rings. The van der Waals surface area contributed by atoms with Crippen molar-refractivity contribution in [2.45, 2.75) is 33.2 Å². The maximum Gasteiger partial charge on any atom is 0.280 e. The molecule has 0 unspecified atom stereocenters. The Morgan fingerprint density at radius 1 is 1.50 bits per heavy atom. The summed E-state index contributed by atoms with van der Waals surface area (Å²) in [5, 5.41) is 11.1. The molecule has 0 spiro atoms. The van der Waals surface area contributed by atoms with Crippen LogP contribution in [0.3, 0.4) is 0 Å². The molecule has 0 aromatic rings. The first-order chi connectivity index (χ1) is 7.12. The minimum absolute atomic E-state index is 0.140. The first-order valence-corrected chi connectivity index (χ1v) is 6.32. The molecule has 16 heavy (non-hydrogen) atoms. The van der Waals surface area contributed by atoms with E-state index >= 15 is 0 Å². The summed E-state index contributed by atoms with van der Waals surface area (Å²) >= 11 is 0. The number of oxime groups is 1. The molecule has 0 aliphatic heterocycles. The molecule has 0 aromatic carbocycles. The van der Waals surface area contributed by atoms with Gasteiger partial charge in [0.05, 0.1) is 6.54 Å². The van der Waals surface area contributed by atoms with E-state index in [-0.39, 0.29) is 18.9 Å². The molecule has 0 rings (SSSR count). The highest BCUT2D eigenvalue weighted by Crippen LogP contribution is 2.06. The Labute approximate surface area is 96.5 Å². The molecule has 0 aliphatic carbocycles. The molecule has 0 saturated carbocycles. The zero-order valence-corrected chi connectivity index (χ0v) is 10.9. The Balaban J connectivity index is 4.82. The second-order valence-corrected chi connectivity index (χ2v) is 6.05. The fraction of sp³-hybridized carbons (Fsp3) is 0.875. The van der Waals surface area contributed by atoms with Gasteiger partial charge in [-0.3, -0.25) is 0 Å². The number of nitrogens with two attached hydrogens (primary N) is 1. The van der Waals surface area contributed by atoms with Gasteiger partial charge in [0.15, 0.2) is 5.84 Å². The van der Waals surface area contributed by atoms with Crippen molar-refractivity contribution in [2.24, 2.45) is 10.9 Å². The van der Waals surface area contributed by atoms with E-state index in [2.05, 4.69) is 9.88 Å². The molecule has 7 nitrogen and oxygen atoms in total.